The third-order valence-corrected chi connectivity index (χ3v) is 3.05. The van der Waals surface area contributed by atoms with Gasteiger partial charge in [0.1, 0.15) is 5.52 Å². The molecule has 1 amide bonds. The van der Waals surface area contributed by atoms with Crippen LogP contribution >= 0.6 is 0 Å². The largest absolute Gasteiger partial charge is 0.437 e. The van der Waals surface area contributed by atoms with Crippen molar-refractivity contribution in [1.82, 2.24) is 9.88 Å². The lowest BCUT2D eigenvalue weighted by Gasteiger charge is -2.43. The number of β-amino-alcohol motifs (C(OH)–C–C–N with tert-alkyl or cyclic N) is 1. The molecule has 0 spiro atoms. The number of hydrogen-bond donors (Lipinski definition) is 1. The highest BCUT2D eigenvalue weighted by molar-refractivity contribution is 5.92. The van der Waals surface area contributed by atoms with Gasteiger partial charge in [-0.15, -0.1) is 0 Å². The van der Waals surface area contributed by atoms with E-state index in [9.17, 15) is 9.90 Å². The van der Waals surface area contributed by atoms with E-state index in [2.05, 4.69) is 4.98 Å². The van der Waals surface area contributed by atoms with Gasteiger partial charge in [0.05, 0.1) is 18.7 Å². The Morgan fingerprint density at radius 1 is 1.47 bits per heavy atom. The minimum Gasteiger partial charge on any atom is -0.437 e. The Hall–Kier alpha value is -2.14. The molecular weight excluding hydrogens is 244 g/mol. The molecule has 2 aromatic rings. The smallest absolute Gasteiger partial charge is 0.246 e. The highest BCUT2D eigenvalue weighted by atomic mass is 16.3. The zero-order chi connectivity index (χ0) is 13.5. The Morgan fingerprint density at radius 2 is 2.21 bits per heavy atom. The Balaban J connectivity index is 1.70. The minimum atomic E-state index is -0.749. The Kier molecular flexibility index (Phi) is 2.64. The van der Waals surface area contributed by atoms with Crippen molar-refractivity contribution in [3.05, 3.63) is 36.2 Å². The molecule has 1 aliphatic rings. The lowest BCUT2D eigenvalue weighted by molar-refractivity contribution is -0.146. The highest BCUT2D eigenvalue weighted by Gasteiger charge is 2.38. The number of para-hydroxylation sites is 2. The monoisotopic (exact) mass is 258 g/mol. The zero-order valence-electron chi connectivity index (χ0n) is 10.5. The predicted molar refractivity (Wildman–Crippen MR) is 70.2 cm³/mol. The number of amides is 1. The van der Waals surface area contributed by atoms with Crippen LogP contribution in [0.4, 0.5) is 0 Å². The van der Waals surface area contributed by atoms with Crippen LogP contribution in [0.15, 0.2) is 34.8 Å². The maximum Gasteiger partial charge on any atom is 0.246 e. The number of aromatic nitrogens is 1. The van der Waals surface area contributed by atoms with Gasteiger partial charge in [-0.3, -0.25) is 4.79 Å². The first-order valence-corrected chi connectivity index (χ1v) is 6.08. The third-order valence-electron chi connectivity index (χ3n) is 3.05. The maximum atomic E-state index is 11.8. The minimum absolute atomic E-state index is 0.145. The third kappa shape index (κ3) is 2.37. The number of aliphatic hydroxyl groups is 1. The van der Waals surface area contributed by atoms with Gasteiger partial charge in [0.25, 0.3) is 0 Å². The van der Waals surface area contributed by atoms with Gasteiger partial charge < -0.3 is 14.4 Å². The van der Waals surface area contributed by atoms with Crippen molar-refractivity contribution in [2.45, 2.75) is 12.5 Å². The Bertz CT molecular complexity index is 617. The van der Waals surface area contributed by atoms with E-state index in [0.29, 0.717) is 24.6 Å². The van der Waals surface area contributed by atoms with Crippen LogP contribution in [0.1, 0.15) is 12.8 Å². The summed E-state index contributed by atoms with van der Waals surface area (Å²) in [6.45, 7) is 2.44. The number of nitrogens with zero attached hydrogens (tertiary/aromatic N) is 2. The van der Waals surface area contributed by atoms with Crippen molar-refractivity contribution in [1.29, 1.82) is 0 Å². The molecule has 1 aromatic heterocycles. The van der Waals surface area contributed by atoms with Crippen molar-refractivity contribution in [2.24, 2.45) is 0 Å². The molecule has 1 aliphatic heterocycles. The average molecular weight is 258 g/mol. The van der Waals surface area contributed by atoms with Crippen molar-refractivity contribution in [3.63, 3.8) is 0 Å². The topological polar surface area (TPSA) is 66.6 Å². The molecule has 1 N–H and O–H groups in total. The molecule has 0 bridgehead atoms. The molecule has 1 saturated heterocycles. The van der Waals surface area contributed by atoms with Crippen molar-refractivity contribution in [2.75, 3.05) is 13.1 Å². The first kappa shape index (κ1) is 11.9. The van der Waals surface area contributed by atoms with E-state index in [4.69, 9.17) is 4.42 Å². The number of fused-ring (bicyclic) bond motifs is 1. The summed E-state index contributed by atoms with van der Waals surface area (Å²) in [5.74, 6) is 0.260. The molecule has 0 aliphatic carbocycles. The van der Waals surface area contributed by atoms with Crippen molar-refractivity contribution < 1.29 is 14.3 Å². The molecule has 1 aromatic carbocycles. The number of carbonyl (C=O) groups excluding carboxylic acids is 1. The van der Waals surface area contributed by atoms with E-state index in [1.54, 1.807) is 17.9 Å². The van der Waals surface area contributed by atoms with Gasteiger partial charge in [0.15, 0.2) is 5.58 Å². The highest BCUT2D eigenvalue weighted by Crippen LogP contribution is 2.20. The second kappa shape index (κ2) is 4.20. The Labute approximate surface area is 110 Å². The van der Waals surface area contributed by atoms with Gasteiger partial charge in [0, 0.05) is 12.2 Å². The van der Waals surface area contributed by atoms with Crippen molar-refractivity contribution >= 4 is 23.1 Å². The van der Waals surface area contributed by atoms with Crippen LogP contribution in [0.5, 0.6) is 0 Å². The number of rotatable bonds is 2. The Morgan fingerprint density at radius 3 is 2.89 bits per heavy atom. The van der Waals surface area contributed by atoms with Gasteiger partial charge in [-0.25, -0.2) is 4.98 Å². The molecule has 0 unspecified atom stereocenters. The maximum absolute atomic E-state index is 11.8. The van der Waals surface area contributed by atoms with Crippen LogP contribution in [-0.4, -0.2) is 39.6 Å². The second-order valence-corrected chi connectivity index (χ2v) is 5.04. The molecule has 98 valence electrons. The average Bonchev–Trinajstić information content (AvgIpc) is 2.75. The lowest BCUT2D eigenvalue weighted by atomic mass is 9.97. The molecule has 1 fully saturated rings. The summed E-state index contributed by atoms with van der Waals surface area (Å²) in [6.07, 6.45) is 2.97. The summed E-state index contributed by atoms with van der Waals surface area (Å²) in [5, 5.41) is 9.56. The van der Waals surface area contributed by atoms with E-state index in [1.807, 2.05) is 24.3 Å². The first-order valence-electron chi connectivity index (χ1n) is 6.08. The van der Waals surface area contributed by atoms with Crippen LogP contribution in [0.25, 0.3) is 17.2 Å². The SMILES string of the molecule is CC1(O)CN(C(=O)C=Cc2nc3ccccc3o2)C1. The number of hydrogen-bond acceptors (Lipinski definition) is 4. The van der Waals surface area contributed by atoms with Crippen LogP contribution in [-0.2, 0) is 4.79 Å². The molecular formula is C14H14N2O3. The number of likely N-dealkylation sites (tertiary alicyclic amines) is 1. The van der Waals surface area contributed by atoms with Gasteiger partial charge in [-0.05, 0) is 19.1 Å². The lowest BCUT2D eigenvalue weighted by Crippen LogP contribution is -2.61. The summed E-state index contributed by atoms with van der Waals surface area (Å²) in [4.78, 5) is 17.6. The van der Waals surface area contributed by atoms with E-state index in [1.165, 1.54) is 6.08 Å². The second-order valence-electron chi connectivity index (χ2n) is 5.04. The fraction of sp³-hybridized carbons (Fsp3) is 0.286. The molecule has 0 saturated carbocycles. The van der Waals surface area contributed by atoms with Crippen LogP contribution in [0.3, 0.4) is 0 Å². The van der Waals surface area contributed by atoms with E-state index in [0.717, 1.165) is 5.52 Å². The quantitative estimate of drug-likeness (QED) is 0.828. The van der Waals surface area contributed by atoms with E-state index in [-0.39, 0.29) is 5.91 Å². The van der Waals surface area contributed by atoms with Gasteiger partial charge in [0.2, 0.25) is 11.8 Å². The van der Waals surface area contributed by atoms with Gasteiger partial charge >= 0.3 is 0 Å². The summed E-state index contributed by atoms with van der Waals surface area (Å²) < 4.78 is 5.47. The fourth-order valence-corrected chi connectivity index (χ4v) is 2.14. The molecule has 0 atom stereocenters. The predicted octanol–water partition coefficient (Wildman–Crippen LogP) is 1.43. The molecule has 0 radical (unpaired) electrons. The summed E-state index contributed by atoms with van der Waals surface area (Å²) >= 11 is 0. The summed E-state index contributed by atoms with van der Waals surface area (Å²) in [7, 11) is 0. The number of carbonyl (C=O) groups is 1. The van der Waals surface area contributed by atoms with Gasteiger partial charge in [-0.1, -0.05) is 12.1 Å². The molecule has 5 nitrogen and oxygen atoms in total. The molecule has 3 rings (SSSR count). The summed E-state index contributed by atoms with van der Waals surface area (Å²) in [5.41, 5.74) is 0.712. The first-order chi connectivity index (χ1) is 9.03. The molecule has 19 heavy (non-hydrogen) atoms. The zero-order valence-corrected chi connectivity index (χ0v) is 10.5. The van der Waals surface area contributed by atoms with Crippen LogP contribution in [0.2, 0.25) is 0 Å². The number of oxazole rings is 1. The van der Waals surface area contributed by atoms with Crippen molar-refractivity contribution in [3.8, 4) is 0 Å². The fourth-order valence-electron chi connectivity index (χ4n) is 2.14. The van der Waals surface area contributed by atoms with E-state index < -0.39 is 5.60 Å². The number of benzene rings is 1. The molecule has 5 heteroatoms. The van der Waals surface area contributed by atoms with Crippen LogP contribution in [0, 0.1) is 0 Å². The van der Waals surface area contributed by atoms with E-state index >= 15 is 0 Å². The van der Waals surface area contributed by atoms with Crippen LogP contribution < -0.4 is 0 Å². The summed E-state index contributed by atoms with van der Waals surface area (Å²) in [6, 6.07) is 7.43. The standard InChI is InChI=1S/C14H14N2O3/c1-14(18)8-16(9-14)13(17)7-6-12-15-10-4-2-3-5-11(10)19-12/h2-7,18H,8-9H2,1H3. The van der Waals surface area contributed by atoms with Gasteiger partial charge in [-0.2, -0.15) is 0 Å². The molecule has 2 heterocycles. The normalized spacial score (nSPS) is 17.9.